The molecule has 4 atom stereocenters. The van der Waals surface area contributed by atoms with Crippen LogP contribution in [0, 0.1) is 5.92 Å². The monoisotopic (exact) mass is 700 g/mol. The SMILES string of the molecule is C[C@@H]1[C@H](CSc2nnnn2-c2ccc(O)cc2)O[C@H](c2cccc(-c3cccc(CNC(=O)c4cccnc4)c3)c2)O[C@@H]1c1ccc(CO)cc1. The van der Waals surface area contributed by atoms with E-state index in [9.17, 15) is 15.0 Å². The number of aromatic nitrogens is 5. The van der Waals surface area contributed by atoms with Crippen molar-refractivity contribution in [1.82, 2.24) is 30.5 Å². The first-order valence-electron chi connectivity index (χ1n) is 16.5. The number of hydrogen-bond acceptors (Lipinski definition) is 10. The Kier molecular flexibility index (Phi) is 10.5. The molecule has 0 saturated carbocycles. The molecule has 0 aliphatic carbocycles. The summed E-state index contributed by atoms with van der Waals surface area (Å²) in [5, 5.41) is 35.3. The summed E-state index contributed by atoms with van der Waals surface area (Å²) >= 11 is 1.49. The van der Waals surface area contributed by atoms with E-state index in [0.717, 1.165) is 39.1 Å². The maximum Gasteiger partial charge on any atom is 0.253 e. The Hall–Kier alpha value is -5.40. The Morgan fingerprint density at radius 3 is 2.43 bits per heavy atom. The lowest BCUT2D eigenvalue weighted by Gasteiger charge is -2.41. The van der Waals surface area contributed by atoms with E-state index in [1.54, 1.807) is 53.5 Å². The van der Waals surface area contributed by atoms with Gasteiger partial charge in [0.1, 0.15) is 5.75 Å². The number of hydrogen-bond donors (Lipinski definition) is 3. The van der Waals surface area contributed by atoms with Crippen LogP contribution in [0.3, 0.4) is 0 Å². The predicted octanol–water partition coefficient (Wildman–Crippen LogP) is 6.44. The van der Waals surface area contributed by atoms with Crippen LogP contribution in [0.1, 0.15) is 51.9 Å². The molecule has 11 nitrogen and oxygen atoms in total. The number of phenols is 1. The van der Waals surface area contributed by atoms with Crippen LogP contribution in [0.4, 0.5) is 0 Å². The minimum absolute atomic E-state index is 0.0338. The molecule has 3 N–H and O–H groups in total. The summed E-state index contributed by atoms with van der Waals surface area (Å²) in [6, 6.07) is 34.2. The van der Waals surface area contributed by atoms with E-state index in [1.807, 2.05) is 60.7 Å². The highest BCUT2D eigenvalue weighted by atomic mass is 32.2. The molecule has 7 rings (SSSR count). The molecule has 258 valence electrons. The largest absolute Gasteiger partial charge is 0.508 e. The van der Waals surface area contributed by atoms with E-state index in [2.05, 4.69) is 44.9 Å². The number of pyridine rings is 1. The number of aliphatic hydroxyl groups is 1. The third-order valence-electron chi connectivity index (χ3n) is 8.83. The van der Waals surface area contributed by atoms with Crippen LogP contribution in [0.25, 0.3) is 16.8 Å². The van der Waals surface area contributed by atoms with Gasteiger partial charge >= 0.3 is 0 Å². The van der Waals surface area contributed by atoms with Crippen molar-refractivity contribution in [2.75, 3.05) is 5.75 Å². The van der Waals surface area contributed by atoms with Gasteiger partial charge in [-0.05, 0) is 86.8 Å². The Labute approximate surface area is 299 Å². The molecule has 4 aromatic carbocycles. The molecule has 12 heteroatoms. The molecule has 51 heavy (non-hydrogen) atoms. The lowest BCUT2D eigenvalue weighted by atomic mass is 9.91. The van der Waals surface area contributed by atoms with Gasteiger partial charge in [0.25, 0.3) is 5.91 Å². The summed E-state index contributed by atoms with van der Waals surface area (Å²) in [7, 11) is 0. The zero-order valence-corrected chi connectivity index (χ0v) is 28.6. The summed E-state index contributed by atoms with van der Waals surface area (Å²) < 4.78 is 15.1. The average Bonchev–Trinajstić information content (AvgIpc) is 3.66. The Balaban J connectivity index is 1.12. The second-order valence-electron chi connectivity index (χ2n) is 12.3. The molecule has 3 heterocycles. The number of aromatic hydroxyl groups is 1. The maximum absolute atomic E-state index is 12.6. The molecule has 0 unspecified atom stereocenters. The van der Waals surface area contributed by atoms with Crippen molar-refractivity contribution in [3.63, 3.8) is 0 Å². The standard InChI is InChI=1S/C39H36N6O5S/c1-25-35(24-51-39-42-43-44-45(39)33-14-16-34(47)17-15-33)49-38(50-36(25)28-12-10-26(23-46)11-13-28)31-8-3-7-30(20-31)29-6-2-5-27(19-29)21-41-37(48)32-9-4-18-40-22-32/h2-20,22,25,35-36,38,46-47H,21,23-24H2,1H3,(H,41,48)/t25-,35+,36+,38+/m1/s1. The normalized spacial score (nSPS) is 18.7. The van der Waals surface area contributed by atoms with Gasteiger partial charge in [-0.3, -0.25) is 9.78 Å². The molecule has 0 radical (unpaired) electrons. The molecular weight excluding hydrogens is 665 g/mol. The van der Waals surface area contributed by atoms with Crippen molar-refractivity contribution in [2.45, 2.75) is 43.7 Å². The van der Waals surface area contributed by atoms with Crippen molar-refractivity contribution in [2.24, 2.45) is 5.92 Å². The first-order chi connectivity index (χ1) is 24.9. The van der Waals surface area contributed by atoms with Crippen LogP contribution in [-0.2, 0) is 22.6 Å². The van der Waals surface area contributed by atoms with E-state index in [0.29, 0.717) is 23.0 Å². The molecule has 1 amide bonds. The van der Waals surface area contributed by atoms with Crippen LogP contribution < -0.4 is 5.32 Å². The lowest BCUT2D eigenvalue weighted by molar-refractivity contribution is -0.268. The molecule has 6 aromatic rings. The fourth-order valence-corrected chi connectivity index (χ4v) is 7.05. The third kappa shape index (κ3) is 8.00. The molecule has 1 aliphatic heterocycles. The van der Waals surface area contributed by atoms with Gasteiger partial charge in [-0.15, -0.1) is 5.10 Å². The molecular formula is C39H36N6O5S. The number of nitrogens with one attached hydrogen (secondary N) is 1. The fraction of sp³-hybridized carbons (Fsp3) is 0.205. The second kappa shape index (κ2) is 15.7. The minimum Gasteiger partial charge on any atom is -0.508 e. The summed E-state index contributed by atoms with van der Waals surface area (Å²) in [6.45, 7) is 2.46. The topological polar surface area (TPSA) is 145 Å². The van der Waals surface area contributed by atoms with Crippen LogP contribution in [0.5, 0.6) is 5.75 Å². The smallest absolute Gasteiger partial charge is 0.253 e. The van der Waals surface area contributed by atoms with Crippen molar-refractivity contribution in [1.29, 1.82) is 0 Å². The van der Waals surface area contributed by atoms with Crippen LogP contribution >= 0.6 is 11.8 Å². The lowest BCUT2D eigenvalue weighted by Crippen LogP contribution is -2.38. The Bertz CT molecular complexity index is 2080. The Morgan fingerprint density at radius 1 is 0.882 bits per heavy atom. The number of carbonyl (C=O) groups excluding carboxylic acids is 1. The van der Waals surface area contributed by atoms with E-state index in [4.69, 9.17) is 9.47 Å². The van der Waals surface area contributed by atoms with Gasteiger partial charge in [0.15, 0.2) is 6.29 Å². The second-order valence-corrected chi connectivity index (χ2v) is 13.3. The van der Waals surface area contributed by atoms with Gasteiger partial charge in [0.05, 0.1) is 30.1 Å². The maximum atomic E-state index is 12.6. The number of rotatable bonds is 11. The highest BCUT2D eigenvalue weighted by molar-refractivity contribution is 7.99. The number of ether oxygens (including phenoxy) is 2. The zero-order chi connectivity index (χ0) is 35.2. The summed E-state index contributed by atoms with van der Waals surface area (Å²) in [5.41, 5.74) is 6.89. The van der Waals surface area contributed by atoms with Crippen LogP contribution in [0.15, 0.2) is 127 Å². The first-order valence-corrected chi connectivity index (χ1v) is 17.5. The molecule has 0 bridgehead atoms. The number of thioether (sulfide) groups is 1. The van der Waals surface area contributed by atoms with Gasteiger partial charge in [-0.2, -0.15) is 4.68 Å². The van der Waals surface area contributed by atoms with Gasteiger partial charge in [-0.25, -0.2) is 0 Å². The number of carbonyl (C=O) groups is 1. The average molecular weight is 701 g/mol. The van der Waals surface area contributed by atoms with Gasteiger partial charge in [-0.1, -0.05) is 79.3 Å². The number of tetrazole rings is 1. The number of amides is 1. The highest BCUT2D eigenvalue weighted by Crippen LogP contribution is 2.43. The number of aliphatic hydroxyl groups excluding tert-OH is 1. The summed E-state index contributed by atoms with van der Waals surface area (Å²) in [4.78, 5) is 16.6. The number of benzene rings is 4. The van der Waals surface area contributed by atoms with Crippen molar-refractivity contribution >= 4 is 17.7 Å². The number of nitrogens with zero attached hydrogens (tertiary/aromatic N) is 5. The van der Waals surface area contributed by atoms with E-state index < -0.39 is 6.29 Å². The fourth-order valence-electron chi connectivity index (χ4n) is 6.00. The summed E-state index contributed by atoms with van der Waals surface area (Å²) in [5.74, 6) is 0.503. The zero-order valence-electron chi connectivity index (χ0n) is 27.7. The van der Waals surface area contributed by atoms with E-state index >= 15 is 0 Å². The Morgan fingerprint density at radius 2 is 1.67 bits per heavy atom. The van der Waals surface area contributed by atoms with E-state index in [-0.39, 0.29) is 36.4 Å². The van der Waals surface area contributed by atoms with E-state index in [1.165, 1.54) is 11.8 Å². The first kappa shape index (κ1) is 34.1. The quantitative estimate of drug-likeness (QED) is 0.129. The van der Waals surface area contributed by atoms with Crippen LogP contribution in [0.2, 0.25) is 0 Å². The molecule has 1 aliphatic rings. The van der Waals surface area contributed by atoms with Gasteiger partial charge < -0.3 is 25.0 Å². The molecule has 1 fully saturated rings. The predicted molar refractivity (Wildman–Crippen MR) is 192 cm³/mol. The minimum atomic E-state index is -0.663. The van der Waals surface area contributed by atoms with Crippen molar-refractivity contribution in [3.05, 3.63) is 149 Å². The molecule has 0 spiro atoms. The molecule has 2 aromatic heterocycles. The molecule has 1 saturated heterocycles. The van der Waals surface area contributed by atoms with Crippen LogP contribution in [-0.4, -0.2) is 53.2 Å². The number of phenolic OH excluding ortho intramolecular Hbond substituents is 1. The van der Waals surface area contributed by atoms with Crippen molar-refractivity contribution < 1.29 is 24.5 Å². The van der Waals surface area contributed by atoms with Gasteiger partial charge in [0.2, 0.25) is 5.16 Å². The van der Waals surface area contributed by atoms with Crippen molar-refractivity contribution in [3.8, 4) is 22.6 Å². The highest BCUT2D eigenvalue weighted by Gasteiger charge is 2.38. The summed E-state index contributed by atoms with van der Waals surface area (Å²) in [6.07, 6.45) is 2.00. The third-order valence-corrected chi connectivity index (χ3v) is 9.84. The van der Waals surface area contributed by atoms with Gasteiger partial charge in [0, 0.05) is 36.2 Å².